The molecule has 1 aliphatic rings. The molecule has 2 aromatic rings. The summed E-state index contributed by atoms with van der Waals surface area (Å²) >= 11 is 0. The van der Waals surface area contributed by atoms with E-state index in [9.17, 15) is 14.4 Å². The minimum Gasteiger partial charge on any atom is -0.425 e. The van der Waals surface area contributed by atoms with Crippen molar-refractivity contribution in [1.29, 1.82) is 0 Å². The fourth-order valence-electron chi connectivity index (χ4n) is 2.84. The molecule has 3 rings (SSSR count). The number of nitrogens with zero attached hydrogens (tertiary/aromatic N) is 3. The number of carbonyl (C=O) groups is 3. The SMILES string of the molecule is CC(C)c1nnc(CCNC(=O)CCCN2C(=O)c3ccccc3C2=O)o1. The normalized spacial score (nSPS) is 13.4. The lowest BCUT2D eigenvalue weighted by Crippen LogP contribution is -2.32. The van der Waals surface area contributed by atoms with E-state index in [1.165, 1.54) is 4.90 Å². The molecule has 1 aliphatic heterocycles. The summed E-state index contributed by atoms with van der Waals surface area (Å²) in [6, 6.07) is 6.75. The molecule has 0 saturated heterocycles. The minimum atomic E-state index is -0.298. The standard InChI is InChI=1S/C19H22N4O4/c1-12(2)17-22-21-16(27-17)9-10-20-15(24)8-5-11-23-18(25)13-6-3-4-7-14(13)19(23)26/h3-4,6-7,12H,5,8-11H2,1-2H3,(H,20,24). The van der Waals surface area contributed by atoms with Crippen LogP contribution in [0.25, 0.3) is 0 Å². The molecule has 0 aliphatic carbocycles. The Morgan fingerprint density at radius 1 is 1.15 bits per heavy atom. The molecular formula is C19H22N4O4. The van der Waals surface area contributed by atoms with Gasteiger partial charge < -0.3 is 9.73 Å². The van der Waals surface area contributed by atoms with Gasteiger partial charge >= 0.3 is 0 Å². The van der Waals surface area contributed by atoms with Gasteiger partial charge in [-0.25, -0.2) is 0 Å². The molecule has 0 radical (unpaired) electrons. The molecule has 8 nitrogen and oxygen atoms in total. The van der Waals surface area contributed by atoms with E-state index in [4.69, 9.17) is 4.42 Å². The summed E-state index contributed by atoms with van der Waals surface area (Å²) in [6.07, 6.45) is 1.10. The number of amides is 3. The van der Waals surface area contributed by atoms with Crippen molar-refractivity contribution in [1.82, 2.24) is 20.4 Å². The van der Waals surface area contributed by atoms with Crippen molar-refractivity contribution in [2.45, 2.75) is 39.0 Å². The number of fused-ring (bicyclic) bond motifs is 1. The van der Waals surface area contributed by atoms with Crippen LogP contribution in [0, 0.1) is 0 Å². The predicted octanol–water partition coefficient (Wildman–Crippen LogP) is 1.93. The molecule has 0 spiro atoms. The van der Waals surface area contributed by atoms with E-state index >= 15 is 0 Å². The van der Waals surface area contributed by atoms with Crippen LogP contribution in [0.5, 0.6) is 0 Å². The molecule has 0 bridgehead atoms. The second-order valence-electron chi connectivity index (χ2n) is 6.70. The third-order valence-corrected chi connectivity index (χ3v) is 4.30. The Labute approximate surface area is 156 Å². The van der Waals surface area contributed by atoms with Crippen LogP contribution in [0.15, 0.2) is 28.7 Å². The van der Waals surface area contributed by atoms with Crippen molar-refractivity contribution in [3.63, 3.8) is 0 Å². The van der Waals surface area contributed by atoms with Crippen LogP contribution in [-0.2, 0) is 11.2 Å². The Bertz CT molecular complexity index is 824. The van der Waals surface area contributed by atoms with E-state index in [2.05, 4.69) is 15.5 Å². The molecular weight excluding hydrogens is 348 g/mol. The number of nitrogens with one attached hydrogen (secondary N) is 1. The largest absolute Gasteiger partial charge is 0.425 e. The molecule has 0 unspecified atom stereocenters. The third kappa shape index (κ3) is 4.21. The topological polar surface area (TPSA) is 105 Å². The van der Waals surface area contributed by atoms with Gasteiger partial charge in [-0.05, 0) is 18.6 Å². The first kappa shape index (κ1) is 18.8. The van der Waals surface area contributed by atoms with Crippen molar-refractivity contribution >= 4 is 17.7 Å². The molecule has 1 aromatic carbocycles. The number of hydrogen-bond donors (Lipinski definition) is 1. The molecule has 0 fully saturated rings. The van der Waals surface area contributed by atoms with Crippen molar-refractivity contribution in [2.75, 3.05) is 13.1 Å². The van der Waals surface area contributed by atoms with Gasteiger partial charge in [-0.3, -0.25) is 19.3 Å². The minimum absolute atomic E-state index is 0.143. The lowest BCUT2D eigenvalue weighted by atomic mass is 10.1. The summed E-state index contributed by atoms with van der Waals surface area (Å²) < 4.78 is 5.47. The molecule has 142 valence electrons. The molecule has 0 saturated carbocycles. The first-order chi connectivity index (χ1) is 13.0. The van der Waals surface area contributed by atoms with Crippen LogP contribution in [-0.4, -0.2) is 45.9 Å². The third-order valence-electron chi connectivity index (χ3n) is 4.30. The molecule has 0 atom stereocenters. The van der Waals surface area contributed by atoms with Gasteiger partial charge in [0, 0.05) is 31.8 Å². The Morgan fingerprint density at radius 2 is 1.81 bits per heavy atom. The number of benzene rings is 1. The van der Waals surface area contributed by atoms with Crippen molar-refractivity contribution in [3.05, 3.63) is 47.2 Å². The zero-order chi connectivity index (χ0) is 19.4. The van der Waals surface area contributed by atoms with Gasteiger partial charge in [-0.1, -0.05) is 26.0 Å². The fraction of sp³-hybridized carbons (Fsp3) is 0.421. The number of imide groups is 1. The predicted molar refractivity (Wildman–Crippen MR) is 96.1 cm³/mol. The second-order valence-corrected chi connectivity index (χ2v) is 6.70. The average Bonchev–Trinajstić information content (AvgIpc) is 3.21. The zero-order valence-electron chi connectivity index (χ0n) is 15.4. The maximum atomic E-state index is 12.2. The van der Waals surface area contributed by atoms with Gasteiger partial charge in [0.2, 0.25) is 17.7 Å². The number of aromatic nitrogens is 2. The van der Waals surface area contributed by atoms with Gasteiger partial charge in [0.1, 0.15) is 0 Å². The second kappa shape index (κ2) is 8.11. The highest BCUT2D eigenvalue weighted by Gasteiger charge is 2.34. The highest BCUT2D eigenvalue weighted by atomic mass is 16.4. The Hall–Kier alpha value is -3.03. The van der Waals surface area contributed by atoms with Crippen LogP contribution >= 0.6 is 0 Å². The average molecular weight is 370 g/mol. The summed E-state index contributed by atoms with van der Waals surface area (Å²) in [5.41, 5.74) is 0.847. The first-order valence-corrected chi connectivity index (χ1v) is 9.01. The highest BCUT2D eigenvalue weighted by molar-refractivity contribution is 6.21. The van der Waals surface area contributed by atoms with Crippen LogP contribution in [0.3, 0.4) is 0 Å². The molecule has 1 N–H and O–H groups in total. The van der Waals surface area contributed by atoms with Gasteiger partial charge in [0.15, 0.2) is 0 Å². The van der Waals surface area contributed by atoms with Crippen LogP contribution in [0.2, 0.25) is 0 Å². The maximum absolute atomic E-state index is 12.2. The van der Waals surface area contributed by atoms with E-state index < -0.39 is 0 Å². The van der Waals surface area contributed by atoms with Crippen molar-refractivity contribution in [2.24, 2.45) is 0 Å². The highest BCUT2D eigenvalue weighted by Crippen LogP contribution is 2.22. The van der Waals surface area contributed by atoms with E-state index in [-0.39, 0.29) is 36.6 Å². The van der Waals surface area contributed by atoms with Gasteiger partial charge in [-0.15, -0.1) is 10.2 Å². The van der Waals surface area contributed by atoms with E-state index in [1.807, 2.05) is 13.8 Å². The lowest BCUT2D eigenvalue weighted by molar-refractivity contribution is -0.121. The van der Waals surface area contributed by atoms with Crippen molar-refractivity contribution < 1.29 is 18.8 Å². The van der Waals surface area contributed by atoms with E-state index in [0.29, 0.717) is 42.3 Å². The smallest absolute Gasteiger partial charge is 0.261 e. The summed E-state index contributed by atoms with van der Waals surface area (Å²) in [5, 5.41) is 10.7. The first-order valence-electron chi connectivity index (χ1n) is 9.01. The monoisotopic (exact) mass is 370 g/mol. The zero-order valence-corrected chi connectivity index (χ0v) is 15.4. The summed E-state index contributed by atoms with van der Waals surface area (Å²) in [6.45, 7) is 4.55. The molecule has 1 aromatic heterocycles. The lowest BCUT2D eigenvalue weighted by Gasteiger charge is -2.13. The summed E-state index contributed by atoms with van der Waals surface area (Å²) in [4.78, 5) is 37.6. The van der Waals surface area contributed by atoms with Crippen molar-refractivity contribution in [3.8, 4) is 0 Å². The quantitative estimate of drug-likeness (QED) is 0.712. The van der Waals surface area contributed by atoms with Gasteiger partial charge in [0.05, 0.1) is 11.1 Å². The van der Waals surface area contributed by atoms with E-state index in [1.54, 1.807) is 24.3 Å². The van der Waals surface area contributed by atoms with Gasteiger partial charge in [-0.2, -0.15) is 0 Å². The molecule has 27 heavy (non-hydrogen) atoms. The number of rotatable bonds is 8. The van der Waals surface area contributed by atoms with Gasteiger partial charge in [0.25, 0.3) is 11.8 Å². The Morgan fingerprint density at radius 3 is 2.41 bits per heavy atom. The summed E-state index contributed by atoms with van der Waals surface area (Å²) in [7, 11) is 0. The van der Waals surface area contributed by atoms with E-state index in [0.717, 1.165) is 0 Å². The molecule has 2 heterocycles. The maximum Gasteiger partial charge on any atom is 0.261 e. The summed E-state index contributed by atoms with van der Waals surface area (Å²) in [5.74, 6) is 0.502. The number of hydrogen-bond acceptors (Lipinski definition) is 6. The Kier molecular flexibility index (Phi) is 5.63. The Balaban J connectivity index is 1.39. The number of carbonyl (C=O) groups excluding carboxylic acids is 3. The van der Waals surface area contributed by atoms with Crippen LogP contribution < -0.4 is 5.32 Å². The molecule has 8 heteroatoms. The van der Waals surface area contributed by atoms with Crippen LogP contribution in [0.4, 0.5) is 0 Å². The van der Waals surface area contributed by atoms with Crippen LogP contribution in [0.1, 0.15) is 65.1 Å². The molecule has 3 amide bonds. The fourth-order valence-corrected chi connectivity index (χ4v) is 2.84.